The molecule has 1 aromatic rings. The van der Waals surface area contributed by atoms with Gasteiger partial charge in [0.25, 0.3) is 10.0 Å². The molecule has 0 saturated heterocycles. The zero-order valence-electron chi connectivity index (χ0n) is 12.5. The molecule has 22 heavy (non-hydrogen) atoms. The van der Waals surface area contributed by atoms with E-state index in [0.29, 0.717) is 11.1 Å². The Balaban J connectivity index is 2.61. The molecule has 116 valence electrons. The van der Waals surface area contributed by atoms with E-state index in [1.165, 1.54) is 18.2 Å². The van der Waals surface area contributed by atoms with Crippen molar-refractivity contribution >= 4 is 33.1 Å². The van der Waals surface area contributed by atoms with E-state index in [1.54, 1.807) is 25.1 Å². The number of hydrogen-bond donors (Lipinski definition) is 0. The van der Waals surface area contributed by atoms with E-state index in [4.69, 9.17) is 11.6 Å². The van der Waals surface area contributed by atoms with Crippen LogP contribution in [0.2, 0.25) is 0 Å². The van der Waals surface area contributed by atoms with Gasteiger partial charge in [-0.1, -0.05) is 43.6 Å². The van der Waals surface area contributed by atoms with Gasteiger partial charge in [0.15, 0.2) is 0 Å². The predicted octanol–water partition coefficient (Wildman–Crippen LogP) is 3.49. The third-order valence-corrected chi connectivity index (χ3v) is 4.94. The van der Waals surface area contributed by atoms with E-state index in [9.17, 15) is 13.2 Å². The van der Waals surface area contributed by atoms with Crippen LogP contribution in [-0.2, 0) is 14.8 Å². The standard InChI is InChI=1S/C16H16ClNO3S/c1-10(2)14-13(9-11(3)16(19)15(14)17)18-22(20,21)12-7-5-4-6-8-12/h4-10H,1-3H3. The Labute approximate surface area is 135 Å². The summed E-state index contributed by atoms with van der Waals surface area (Å²) in [7, 11) is -3.85. The Morgan fingerprint density at radius 2 is 1.73 bits per heavy atom. The van der Waals surface area contributed by atoms with Crippen molar-refractivity contribution in [1.29, 1.82) is 0 Å². The van der Waals surface area contributed by atoms with Gasteiger partial charge in [-0.2, -0.15) is 12.8 Å². The summed E-state index contributed by atoms with van der Waals surface area (Å²) in [6.07, 6.45) is 1.48. The van der Waals surface area contributed by atoms with Gasteiger partial charge in [0, 0.05) is 11.1 Å². The minimum atomic E-state index is -3.85. The third kappa shape index (κ3) is 3.20. The highest BCUT2D eigenvalue weighted by Crippen LogP contribution is 2.29. The number of allylic oxidation sites excluding steroid dienone is 4. The summed E-state index contributed by atoms with van der Waals surface area (Å²) in [5.74, 6) is -0.410. The van der Waals surface area contributed by atoms with Crippen LogP contribution < -0.4 is 0 Å². The van der Waals surface area contributed by atoms with Crippen molar-refractivity contribution in [2.45, 2.75) is 25.7 Å². The molecule has 1 aliphatic carbocycles. The largest absolute Gasteiger partial charge is 0.288 e. The van der Waals surface area contributed by atoms with Gasteiger partial charge in [0.2, 0.25) is 5.78 Å². The van der Waals surface area contributed by atoms with Crippen molar-refractivity contribution in [1.82, 2.24) is 0 Å². The molecule has 0 saturated carbocycles. The number of nitrogens with zero attached hydrogens (tertiary/aromatic N) is 1. The Morgan fingerprint density at radius 1 is 1.14 bits per heavy atom. The van der Waals surface area contributed by atoms with Gasteiger partial charge in [-0.15, -0.1) is 0 Å². The molecule has 0 bridgehead atoms. The van der Waals surface area contributed by atoms with E-state index >= 15 is 0 Å². The summed E-state index contributed by atoms with van der Waals surface area (Å²) < 4.78 is 28.7. The fraction of sp³-hybridized carbons (Fsp3) is 0.250. The Morgan fingerprint density at radius 3 is 2.27 bits per heavy atom. The third-order valence-electron chi connectivity index (χ3n) is 3.26. The maximum absolute atomic E-state index is 12.4. The number of halogens is 1. The second kappa shape index (κ2) is 6.18. The van der Waals surface area contributed by atoms with Gasteiger partial charge in [0.1, 0.15) is 0 Å². The van der Waals surface area contributed by atoms with Gasteiger partial charge >= 0.3 is 0 Å². The summed E-state index contributed by atoms with van der Waals surface area (Å²) in [6, 6.07) is 7.94. The lowest BCUT2D eigenvalue weighted by molar-refractivity contribution is -0.111. The molecule has 2 rings (SSSR count). The van der Waals surface area contributed by atoms with Crippen molar-refractivity contribution in [3.05, 3.63) is 52.6 Å². The van der Waals surface area contributed by atoms with Crippen molar-refractivity contribution in [2.24, 2.45) is 10.3 Å². The first-order valence-electron chi connectivity index (χ1n) is 6.77. The predicted molar refractivity (Wildman–Crippen MR) is 87.5 cm³/mol. The van der Waals surface area contributed by atoms with Crippen molar-refractivity contribution in [3.63, 3.8) is 0 Å². The van der Waals surface area contributed by atoms with Gasteiger partial charge < -0.3 is 0 Å². The molecule has 0 heterocycles. The van der Waals surface area contributed by atoms with E-state index in [-0.39, 0.29) is 27.3 Å². The summed E-state index contributed by atoms with van der Waals surface area (Å²) in [6.45, 7) is 5.26. The number of sulfonamides is 1. The minimum Gasteiger partial charge on any atom is -0.288 e. The molecule has 0 amide bonds. The summed E-state index contributed by atoms with van der Waals surface area (Å²) >= 11 is 6.11. The van der Waals surface area contributed by atoms with Crippen molar-refractivity contribution in [3.8, 4) is 0 Å². The Kier molecular flexibility index (Phi) is 4.68. The molecule has 0 aliphatic heterocycles. The molecule has 0 radical (unpaired) electrons. The first kappa shape index (κ1) is 16.6. The lowest BCUT2D eigenvalue weighted by Crippen LogP contribution is -2.20. The van der Waals surface area contributed by atoms with Crippen LogP contribution in [0.3, 0.4) is 0 Å². The lowest BCUT2D eigenvalue weighted by Gasteiger charge is -2.19. The average molecular weight is 338 g/mol. The van der Waals surface area contributed by atoms with Crippen LogP contribution in [0.25, 0.3) is 0 Å². The molecule has 1 aromatic carbocycles. The van der Waals surface area contributed by atoms with Crippen LogP contribution >= 0.6 is 11.6 Å². The van der Waals surface area contributed by atoms with Gasteiger partial charge in [0.05, 0.1) is 15.6 Å². The number of rotatable bonds is 3. The van der Waals surface area contributed by atoms with Gasteiger partial charge in [-0.05, 0) is 31.1 Å². The molecular weight excluding hydrogens is 322 g/mol. The molecule has 0 atom stereocenters. The summed E-state index contributed by atoms with van der Waals surface area (Å²) in [4.78, 5) is 12.1. The van der Waals surface area contributed by atoms with Crippen LogP contribution in [0.15, 0.2) is 61.9 Å². The highest BCUT2D eigenvalue weighted by Gasteiger charge is 2.27. The number of Topliss-reactive ketones (excluding diaryl/α,β-unsaturated/α-hetero) is 1. The highest BCUT2D eigenvalue weighted by molar-refractivity contribution is 7.90. The number of carbonyl (C=O) groups is 1. The summed E-state index contributed by atoms with van der Waals surface area (Å²) in [5.41, 5.74) is 1.05. The summed E-state index contributed by atoms with van der Waals surface area (Å²) in [5, 5.41) is 0.0389. The number of hydrogen-bond acceptors (Lipinski definition) is 3. The van der Waals surface area contributed by atoms with E-state index in [0.717, 1.165) is 0 Å². The second-order valence-corrected chi connectivity index (χ2v) is 7.29. The van der Waals surface area contributed by atoms with Crippen molar-refractivity contribution in [2.75, 3.05) is 0 Å². The number of benzene rings is 1. The fourth-order valence-corrected chi connectivity index (χ4v) is 3.64. The van der Waals surface area contributed by atoms with Crippen LogP contribution in [0.4, 0.5) is 0 Å². The molecule has 1 aliphatic rings. The van der Waals surface area contributed by atoms with Crippen LogP contribution in [0.5, 0.6) is 0 Å². The average Bonchev–Trinajstić information content (AvgIpc) is 2.45. The zero-order chi connectivity index (χ0) is 16.5. The SMILES string of the molecule is CC1=CC(=NS(=O)(=O)c2ccccc2)C(C(C)C)=C(Cl)C1=O. The monoisotopic (exact) mass is 337 g/mol. The number of carbonyl (C=O) groups excluding carboxylic acids is 1. The second-order valence-electron chi connectivity index (χ2n) is 5.30. The van der Waals surface area contributed by atoms with Gasteiger partial charge in [-0.3, -0.25) is 4.79 Å². The zero-order valence-corrected chi connectivity index (χ0v) is 14.1. The first-order valence-corrected chi connectivity index (χ1v) is 8.59. The normalized spacial score (nSPS) is 18.1. The van der Waals surface area contributed by atoms with E-state index in [1.807, 2.05) is 13.8 Å². The van der Waals surface area contributed by atoms with Crippen LogP contribution in [0.1, 0.15) is 20.8 Å². The fourth-order valence-electron chi connectivity index (χ4n) is 2.16. The molecule has 6 heteroatoms. The Bertz CT molecular complexity index is 803. The Hall–Kier alpha value is -1.72. The quantitative estimate of drug-likeness (QED) is 0.793. The number of ketones is 1. The van der Waals surface area contributed by atoms with E-state index in [2.05, 4.69) is 4.40 Å². The van der Waals surface area contributed by atoms with Crippen LogP contribution in [0, 0.1) is 5.92 Å². The smallest absolute Gasteiger partial charge is 0.282 e. The van der Waals surface area contributed by atoms with Crippen LogP contribution in [-0.4, -0.2) is 19.9 Å². The lowest BCUT2D eigenvalue weighted by atomic mass is 9.90. The molecule has 0 N–H and O–H groups in total. The molecular formula is C16H16ClNO3S. The van der Waals surface area contributed by atoms with Gasteiger partial charge in [-0.25, -0.2) is 0 Å². The first-order chi connectivity index (χ1) is 10.2. The molecule has 0 spiro atoms. The highest BCUT2D eigenvalue weighted by atomic mass is 35.5. The topological polar surface area (TPSA) is 63.6 Å². The van der Waals surface area contributed by atoms with E-state index < -0.39 is 10.0 Å². The van der Waals surface area contributed by atoms with Crippen molar-refractivity contribution < 1.29 is 13.2 Å². The minimum absolute atomic E-state index is 0.0389. The molecule has 4 nitrogen and oxygen atoms in total. The maximum atomic E-state index is 12.4. The molecule has 0 unspecified atom stereocenters. The molecule has 0 fully saturated rings. The molecule has 0 aromatic heterocycles. The maximum Gasteiger partial charge on any atom is 0.282 e.